The van der Waals surface area contributed by atoms with Crippen molar-refractivity contribution in [3.05, 3.63) is 65.7 Å². The van der Waals surface area contributed by atoms with E-state index in [9.17, 15) is 4.39 Å². The Morgan fingerprint density at radius 1 is 1.19 bits per heavy atom. The molecule has 0 aliphatic carbocycles. The van der Waals surface area contributed by atoms with Crippen molar-refractivity contribution >= 4 is 0 Å². The second kappa shape index (κ2) is 7.86. The van der Waals surface area contributed by atoms with Crippen LogP contribution < -0.4 is 5.32 Å². The van der Waals surface area contributed by atoms with E-state index in [-0.39, 0.29) is 11.9 Å². The highest BCUT2D eigenvalue weighted by atomic mass is 19.1. The molecule has 3 nitrogen and oxygen atoms in total. The monoisotopic (exact) mass is 287 g/mol. The average molecular weight is 287 g/mol. The molecule has 0 amide bonds. The van der Waals surface area contributed by atoms with Crippen LogP contribution in [-0.2, 0) is 6.42 Å². The van der Waals surface area contributed by atoms with Gasteiger partial charge in [0.25, 0.3) is 0 Å². The molecular weight excluding hydrogens is 265 g/mol. The highest BCUT2D eigenvalue weighted by molar-refractivity contribution is 5.21. The minimum atomic E-state index is -0.153. The summed E-state index contributed by atoms with van der Waals surface area (Å²) in [5.41, 5.74) is 1.99. The molecule has 0 radical (unpaired) electrons. The van der Waals surface area contributed by atoms with Gasteiger partial charge in [-0.05, 0) is 44.3 Å². The molecule has 1 atom stereocenters. The van der Waals surface area contributed by atoms with Gasteiger partial charge in [0.2, 0.25) is 0 Å². The zero-order valence-corrected chi connectivity index (χ0v) is 12.6. The van der Waals surface area contributed by atoms with Crippen molar-refractivity contribution in [1.82, 2.24) is 15.2 Å². The molecule has 0 saturated heterocycles. The fourth-order valence-corrected chi connectivity index (χ4v) is 2.38. The molecule has 2 rings (SSSR count). The summed E-state index contributed by atoms with van der Waals surface area (Å²) in [5, 5.41) is 3.20. The van der Waals surface area contributed by atoms with Gasteiger partial charge in [-0.15, -0.1) is 0 Å². The van der Waals surface area contributed by atoms with Crippen LogP contribution in [0.5, 0.6) is 0 Å². The van der Waals surface area contributed by atoms with E-state index in [4.69, 9.17) is 0 Å². The van der Waals surface area contributed by atoms with Gasteiger partial charge >= 0.3 is 0 Å². The average Bonchev–Trinajstić information content (AvgIpc) is 2.52. The smallest absolute Gasteiger partial charge is 0.128 e. The van der Waals surface area contributed by atoms with Crippen LogP contribution in [0.25, 0.3) is 0 Å². The molecule has 112 valence electrons. The summed E-state index contributed by atoms with van der Waals surface area (Å²) in [7, 11) is 3.93. The van der Waals surface area contributed by atoms with Crippen LogP contribution in [0.1, 0.15) is 17.2 Å². The molecule has 0 aliphatic rings. The first-order valence-corrected chi connectivity index (χ1v) is 7.20. The zero-order valence-electron chi connectivity index (χ0n) is 12.6. The fourth-order valence-electron chi connectivity index (χ4n) is 2.38. The number of nitrogens with zero attached hydrogens (tertiary/aromatic N) is 2. The Labute approximate surface area is 125 Å². The molecular formula is C17H22FN3. The van der Waals surface area contributed by atoms with E-state index in [2.05, 4.69) is 22.2 Å². The molecule has 1 aromatic heterocycles. The number of hydrogen-bond acceptors (Lipinski definition) is 3. The minimum Gasteiger partial charge on any atom is -0.312 e. The van der Waals surface area contributed by atoms with Crippen molar-refractivity contribution in [2.24, 2.45) is 0 Å². The van der Waals surface area contributed by atoms with Crippen LogP contribution in [0.4, 0.5) is 4.39 Å². The molecule has 1 heterocycles. The normalized spacial score (nSPS) is 12.6. The van der Waals surface area contributed by atoms with Crippen LogP contribution >= 0.6 is 0 Å². The van der Waals surface area contributed by atoms with Gasteiger partial charge in [-0.3, -0.25) is 4.98 Å². The number of hydrogen-bond donors (Lipinski definition) is 1. The quantitative estimate of drug-likeness (QED) is 0.848. The summed E-state index contributed by atoms with van der Waals surface area (Å²) >= 11 is 0. The first-order valence-electron chi connectivity index (χ1n) is 7.20. The topological polar surface area (TPSA) is 28.2 Å². The first kappa shape index (κ1) is 15.6. The Bertz CT molecular complexity index is 545. The molecule has 1 unspecified atom stereocenters. The Kier molecular flexibility index (Phi) is 5.84. The third kappa shape index (κ3) is 4.62. The number of benzene rings is 1. The maximum atomic E-state index is 13.9. The van der Waals surface area contributed by atoms with Crippen molar-refractivity contribution in [3.8, 4) is 0 Å². The molecule has 1 aromatic carbocycles. The van der Waals surface area contributed by atoms with Gasteiger partial charge in [0, 0.05) is 37.1 Å². The number of rotatable bonds is 7. The van der Waals surface area contributed by atoms with E-state index in [0.717, 1.165) is 25.1 Å². The zero-order chi connectivity index (χ0) is 15.1. The Hall–Kier alpha value is -1.78. The maximum Gasteiger partial charge on any atom is 0.128 e. The van der Waals surface area contributed by atoms with Crippen molar-refractivity contribution in [3.63, 3.8) is 0 Å². The molecule has 2 aromatic rings. The lowest BCUT2D eigenvalue weighted by molar-refractivity contribution is 0.297. The van der Waals surface area contributed by atoms with Crippen LogP contribution in [0.2, 0.25) is 0 Å². The Morgan fingerprint density at radius 3 is 2.57 bits per heavy atom. The van der Waals surface area contributed by atoms with E-state index in [1.807, 2.05) is 43.7 Å². The maximum absolute atomic E-state index is 13.9. The molecule has 1 N–H and O–H groups in total. The molecule has 0 aliphatic heterocycles. The largest absolute Gasteiger partial charge is 0.312 e. The van der Waals surface area contributed by atoms with Gasteiger partial charge in [0.1, 0.15) is 5.82 Å². The van der Waals surface area contributed by atoms with Gasteiger partial charge < -0.3 is 10.2 Å². The van der Waals surface area contributed by atoms with Crippen LogP contribution in [0.15, 0.2) is 48.8 Å². The molecule has 4 heteroatoms. The van der Waals surface area contributed by atoms with E-state index < -0.39 is 0 Å². The second-order valence-electron chi connectivity index (χ2n) is 5.23. The van der Waals surface area contributed by atoms with Gasteiger partial charge in [-0.2, -0.15) is 0 Å². The summed E-state index contributed by atoms with van der Waals surface area (Å²) in [6.45, 7) is 1.69. The van der Waals surface area contributed by atoms with Gasteiger partial charge in [0.15, 0.2) is 0 Å². The van der Waals surface area contributed by atoms with Crippen LogP contribution in [-0.4, -0.2) is 37.1 Å². The van der Waals surface area contributed by atoms with E-state index in [1.165, 1.54) is 11.6 Å². The lowest BCUT2D eigenvalue weighted by atomic mass is 10.1. The van der Waals surface area contributed by atoms with Gasteiger partial charge in [-0.1, -0.05) is 18.2 Å². The number of likely N-dealkylation sites (N-methyl/N-ethyl adjacent to an activating group) is 2. The summed E-state index contributed by atoms with van der Waals surface area (Å²) in [6.07, 6.45) is 4.59. The number of aromatic nitrogens is 1. The lowest BCUT2D eigenvalue weighted by Gasteiger charge is -2.24. The third-order valence-electron chi connectivity index (χ3n) is 3.65. The van der Waals surface area contributed by atoms with Crippen molar-refractivity contribution in [1.29, 1.82) is 0 Å². The number of nitrogens with one attached hydrogen (secondary N) is 1. The van der Waals surface area contributed by atoms with Crippen LogP contribution in [0, 0.1) is 5.82 Å². The highest BCUT2D eigenvalue weighted by Crippen LogP contribution is 2.17. The second-order valence-corrected chi connectivity index (χ2v) is 5.23. The summed E-state index contributed by atoms with van der Waals surface area (Å²) in [6, 6.07) is 11.0. The number of pyridine rings is 1. The lowest BCUT2D eigenvalue weighted by Crippen LogP contribution is -2.33. The van der Waals surface area contributed by atoms with Gasteiger partial charge in [-0.25, -0.2) is 4.39 Å². The molecule has 0 saturated carbocycles. The first-order chi connectivity index (χ1) is 10.2. The fraction of sp³-hybridized carbons (Fsp3) is 0.353. The predicted molar refractivity (Wildman–Crippen MR) is 83.6 cm³/mol. The molecule has 0 spiro atoms. The summed E-state index contributed by atoms with van der Waals surface area (Å²) in [5.74, 6) is -0.153. The van der Waals surface area contributed by atoms with E-state index >= 15 is 0 Å². The van der Waals surface area contributed by atoms with Gasteiger partial charge in [0.05, 0.1) is 0 Å². The van der Waals surface area contributed by atoms with E-state index in [1.54, 1.807) is 6.07 Å². The standard InChI is InChI=1S/C17H22FN3/c1-19-17(15-5-3-4-6-16(15)18)13-21(2)12-9-14-7-10-20-11-8-14/h3-8,10-11,17,19H,9,12-13H2,1-2H3. The van der Waals surface area contributed by atoms with Crippen LogP contribution in [0.3, 0.4) is 0 Å². The van der Waals surface area contributed by atoms with E-state index in [0.29, 0.717) is 0 Å². The minimum absolute atomic E-state index is 0.00589. The SMILES string of the molecule is CNC(CN(C)CCc1ccncc1)c1ccccc1F. The molecule has 0 fully saturated rings. The molecule has 21 heavy (non-hydrogen) atoms. The highest BCUT2D eigenvalue weighted by Gasteiger charge is 2.15. The Morgan fingerprint density at radius 2 is 1.90 bits per heavy atom. The van der Waals surface area contributed by atoms with Crippen molar-refractivity contribution < 1.29 is 4.39 Å². The predicted octanol–water partition coefficient (Wildman–Crippen LogP) is 2.66. The summed E-state index contributed by atoms with van der Waals surface area (Å²) in [4.78, 5) is 6.23. The Balaban J connectivity index is 1.91. The molecule has 0 bridgehead atoms. The third-order valence-corrected chi connectivity index (χ3v) is 3.65. The van der Waals surface area contributed by atoms with Crippen molar-refractivity contribution in [2.45, 2.75) is 12.5 Å². The number of halogens is 1. The van der Waals surface area contributed by atoms with Crippen molar-refractivity contribution in [2.75, 3.05) is 27.2 Å². The summed E-state index contributed by atoms with van der Waals surface area (Å²) < 4.78 is 13.9.